The topological polar surface area (TPSA) is 29.9 Å². The predicted molar refractivity (Wildman–Crippen MR) is 72.2 cm³/mol. The average Bonchev–Trinajstić information content (AvgIpc) is 2.98. The second kappa shape index (κ2) is 6.25. The molecule has 0 aliphatic carbocycles. The number of hydrogen-bond acceptors (Lipinski definition) is 3. The summed E-state index contributed by atoms with van der Waals surface area (Å²) < 4.78 is 26.3. The Bertz CT molecular complexity index is 494. The number of rotatable bonds is 6. The first-order valence-corrected chi connectivity index (χ1v) is 7.04. The van der Waals surface area contributed by atoms with Crippen molar-refractivity contribution >= 4 is 11.3 Å². The van der Waals surface area contributed by atoms with Crippen LogP contribution < -0.4 is 5.32 Å². The Hall–Kier alpha value is -1.27. The molecule has 0 aliphatic rings. The van der Waals surface area contributed by atoms with Crippen molar-refractivity contribution in [2.75, 3.05) is 0 Å². The van der Waals surface area contributed by atoms with E-state index in [2.05, 4.69) is 30.2 Å². The van der Waals surface area contributed by atoms with Crippen LogP contribution in [0.15, 0.2) is 29.9 Å². The van der Waals surface area contributed by atoms with Crippen molar-refractivity contribution in [3.8, 4) is 0 Å². The van der Waals surface area contributed by atoms with Gasteiger partial charge in [0.1, 0.15) is 5.82 Å². The molecule has 1 N–H and O–H groups in total. The maximum absolute atomic E-state index is 12.7. The molecule has 2 aromatic rings. The van der Waals surface area contributed by atoms with Crippen molar-refractivity contribution in [1.29, 1.82) is 0 Å². The SMILES string of the molecule is CC(C)C(NCc1nccn1C(F)F)c1cccs1. The van der Waals surface area contributed by atoms with E-state index < -0.39 is 6.55 Å². The number of nitrogens with one attached hydrogen (secondary N) is 1. The lowest BCUT2D eigenvalue weighted by molar-refractivity contribution is 0.0664. The van der Waals surface area contributed by atoms with Crippen LogP contribution in [0.2, 0.25) is 0 Å². The van der Waals surface area contributed by atoms with E-state index in [1.165, 1.54) is 17.3 Å². The molecule has 0 spiro atoms. The minimum absolute atomic E-state index is 0.155. The number of alkyl halides is 2. The number of halogens is 2. The predicted octanol–water partition coefficient (Wildman–Crippen LogP) is 3.83. The molecule has 0 saturated carbocycles. The van der Waals surface area contributed by atoms with Crippen LogP contribution in [-0.2, 0) is 6.54 Å². The van der Waals surface area contributed by atoms with Gasteiger partial charge >= 0.3 is 6.55 Å². The molecule has 0 bridgehead atoms. The highest BCUT2D eigenvalue weighted by Crippen LogP contribution is 2.26. The zero-order valence-corrected chi connectivity index (χ0v) is 11.7. The van der Waals surface area contributed by atoms with Crippen molar-refractivity contribution in [1.82, 2.24) is 14.9 Å². The molecule has 6 heteroatoms. The quantitative estimate of drug-likeness (QED) is 0.874. The second-order valence-electron chi connectivity index (χ2n) is 4.65. The lowest BCUT2D eigenvalue weighted by atomic mass is 10.0. The molecule has 2 rings (SSSR count). The summed E-state index contributed by atoms with van der Waals surface area (Å²) in [6, 6.07) is 4.21. The van der Waals surface area contributed by atoms with E-state index in [1.807, 2.05) is 11.4 Å². The Kier molecular flexibility index (Phi) is 4.66. The first kappa shape index (κ1) is 14.1. The van der Waals surface area contributed by atoms with Crippen LogP contribution in [0, 0.1) is 5.92 Å². The van der Waals surface area contributed by atoms with Crippen molar-refractivity contribution in [2.24, 2.45) is 5.92 Å². The number of hydrogen-bond donors (Lipinski definition) is 1. The Balaban J connectivity index is 2.05. The first-order chi connectivity index (χ1) is 9.09. The molecule has 19 heavy (non-hydrogen) atoms. The van der Waals surface area contributed by atoms with Crippen LogP contribution in [0.5, 0.6) is 0 Å². The average molecular weight is 285 g/mol. The minimum Gasteiger partial charge on any atom is -0.302 e. The molecule has 0 fully saturated rings. The van der Waals surface area contributed by atoms with Gasteiger partial charge in [0.15, 0.2) is 0 Å². The molecule has 2 heterocycles. The standard InChI is InChI=1S/C13H17F2N3S/c1-9(2)12(10-4-3-7-19-10)17-8-11-16-5-6-18(11)13(14)15/h3-7,9,12-13,17H,8H2,1-2H3. The van der Waals surface area contributed by atoms with Gasteiger partial charge in [-0.05, 0) is 17.4 Å². The lowest BCUT2D eigenvalue weighted by Gasteiger charge is -2.21. The fourth-order valence-electron chi connectivity index (χ4n) is 1.99. The molecule has 0 radical (unpaired) electrons. The smallest absolute Gasteiger partial charge is 0.302 e. The summed E-state index contributed by atoms with van der Waals surface area (Å²) in [5.41, 5.74) is 0. The Morgan fingerprint density at radius 1 is 1.42 bits per heavy atom. The van der Waals surface area contributed by atoms with E-state index in [0.717, 1.165) is 4.57 Å². The molecule has 1 atom stereocenters. The molecular formula is C13H17F2N3S. The number of thiophene rings is 1. The van der Waals surface area contributed by atoms with Gasteiger partial charge in [-0.2, -0.15) is 8.78 Å². The lowest BCUT2D eigenvalue weighted by Crippen LogP contribution is -2.26. The summed E-state index contributed by atoms with van der Waals surface area (Å²) >= 11 is 1.67. The third kappa shape index (κ3) is 3.39. The van der Waals surface area contributed by atoms with Gasteiger partial charge in [0.2, 0.25) is 0 Å². The summed E-state index contributed by atoms with van der Waals surface area (Å²) in [5, 5.41) is 5.33. The van der Waals surface area contributed by atoms with E-state index >= 15 is 0 Å². The highest BCUT2D eigenvalue weighted by atomic mass is 32.1. The van der Waals surface area contributed by atoms with Gasteiger partial charge in [-0.1, -0.05) is 19.9 Å². The Morgan fingerprint density at radius 3 is 2.79 bits per heavy atom. The van der Waals surface area contributed by atoms with Crippen LogP contribution in [0.4, 0.5) is 8.78 Å². The van der Waals surface area contributed by atoms with Crippen LogP contribution in [0.1, 0.15) is 37.1 Å². The molecule has 0 saturated heterocycles. The van der Waals surface area contributed by atoms with Crippen LogP contribution in [-0.4, -0.2) is 9.55 Å². The molecule has 1 unspecified atom stereocenters. The maximum atomic E-state index is 12.7. The van der Waals surface area contributed by atoms with Crippen molar-refractivity contribution in [3.63, 3.8) is 0 Å². The third-order valence-electron chi connectivity index (χ3n) is 2.96. The van der Waals surface area contributed by atoms with Crippen molar-refractivity contribution < 1.29 is 8.78 Å². The third-order valence-corrected chi connectivity index (χ3v) is 3.91. The van der Waals surface area contributed by atoms with Crippen molar-refractivity contribution in [3.05, 3.63) is 40.6 Å². The normalized spacial score (nSPS) is 13.4. The first-order valence-electron chi connectivity index (χ1n) is 6.16. The fraction of sp³-hybridized carbons (Fsp3) is 0.462. The highest BCUT2D eigenvalue weighted by molar-refractivity contribution is 7.10. The van der Waals surface area contributed by atoms with E-state index in [4.69, 9.17) is 0 Å². The minimum atomic E-state index is -2.54. The van der Waals surface area contributed by atoms with Gasteiger partial charge in [-0.3, -0.25) is 4.57 Å². The Morgan fingerprint density at radius 2 is 2.21 bits per heavy atom. The van der Waals surface area contributed by atoms with Gasteiger partial charge in [0.25, 0.3) is 0 Å². The number of imidazole rings is 1. The molecule has 2 aromatic heterocycles. The fourth-order valence-corrected chi connectivity index (χ4v) is 2.97. The van der Waals surface area contributed by atoms with Crippen LogP contribution in [0.3, 0.4) is 0 Å². The number of nitrogens with zero attached hydrogens (tertiary/aromatic N) is 2. The summed E-state index contributed by atoms with van der Waals surface area (Å²) in [5.74, 6) is 0.741. The van der Waals surface area contributed by atoms with E-state index in [-0.39, 0.29) is 6.04 Å². The summed E-state index contributed by atoms with van der Waals surface area (Å²) in [4.78, 5) is 5.19. The molecule has 0 aromatic carbocycles. The summed E-state index contributed by atoms with van der Waals surface area (Å²) in [6.07, 6.45) is 2.70. The second-order valence-corrected chi connectivity index (χ2v) is 5.63. The van der Waals surface area contributed by atoms with Gasteiger partial charge in [-0.15, -0.1) is 11.3 Å². The summed E-state index contributed by atoms with van der Waals surface area (Å²) in [6.45, 7) is 2.00. The zero-order chi connectivity index (χ0) is 13.8. The molecule has 0 amide bonds. The largest absolute Gasteiger partial charge is 0.319 e. The summed E-state index contributed by atoms with van der Waals surface area (Å²) in [7, 11) is 0. The molecular weight excluding hydrogens is 268 g/mol. The van der Waals surface area contributed by atoms with Gasteiger partial charge < -0.3 is 5.32 Å². The van der Waals surface area contributed by atoms with Gasteiger partial charge in [-0.25, -0.2) is 4.98 Å². The van der Waals surface area contributed by atoms with E-state index in [1.54, 1.807) is 11.3 Å². The monoisotopic (exact) mass is 285 g/mol. The molecule has 0 aliphatic heterocycles. The van der Waals surface area contributed by atoms with Crippen LogP contribution in [0.25, 0.3) is 0 Å². The maximum Gasteiger partial charge on any atom is 0.319 e. The van der Waals surface area contributed by atoms with Crippen molar-refractivity contribution in [2.45, 2.75) is 33.0 Å². The van der Waals surface area contributed by atoms with Gasteiger partial charge in [0.05, 0.1) is 6.54 Å². The van der Waals surface area contributed by atoms with Crippen LogP contribution >= 0.6 is 11.3 Å². The van der Waals surface area contributed by atoms with E-state index in [0.29, 0.717) is 18.3 Å². The highest BCUT2D eigenvalue weighted by Gasteiger charge is 2.18. The molecule has 104 valence electrons. The van der Waals surface area contributed by atoms with Gasteiger partial charge in [0, 0.05) is 23.3 Å². The molecule has 3 nitrogen and oxygen atoms in total. The Labute approximate surface area is 115 Å². The zero-order valence-electron chi connectivity index (χ0n) is 10.9. The number of aromatic nitrogens is 2. The van der Waals surface area contributed by atoms with E-state index in [9.17, 15) is 8.78 Å².